The molecule has 0 aromatic heterocycles. The van der Waals surface area contributed by atoms with Crippen molar-refractivity contribution in [1.82, 2.24) is 19.6 Å². The number of likely N-dealkylation sites (tertiary alicyclic amines) is 2. The lowest BCUT2D eigenvalue weighted by molar-refractivity contribution is -0.166. The van der Waals surface area contributed by atoms with Gasteiger partial charge < -0.3 is 81.6 Å². The molecule has 22 nitrogen and oxygen atoms in total. The second-order valence-corrected chi connectivity index (χ2v) is 10.5. The number of amides is 2. The first-order valence-corrected chi connectivity index (χ1v) is 13.6. The average molecular weight is 665 g/mol. The first-order valence-electron chi connectivity index (χ1n) is 13.6. The highest BCUT2D eigenvalue weighted by Crippen LogP contribution is 2.20. The van der Waals surface area contributed by atoms with Gasteiger partial charge in [0.05, 0.1) is 38.4 Å². The number of nitrogens with zero attached hydrogens (tertiary/aromatic N) is 6. The molecular weight excluding hydrogens is 624 g/mol. The van der Waals surface area contributed by atoms with Crippen LogP contribution in [-0.4, -0.2) is 198 Å². The molecule has 2 amide bonds. The van der Waals surface area contributed by atoms with Gasteiger partial charge in [0.15, 0.2) is 0 Å². The standard InChI is InChI=1S/C24H40N8O14/c1-29(7-15(37)31-5-13(35)21(43)19(41)11(31)9-33)23(25)27-45-17(39)3-4-18(40)46-28-24(26)30(2)8-16(38)32-6-14(36)22(44)20(42)12(32)10-34/h3-4,11-14,19-22,33-36,41-44H,5-10H2,1-2H3,(H2,25,27)(H2,26,28)/b4-3-/t11-,12-,13-,14-,19-,20-,21-,22-/m1/s1. The zero-order valence-corrected chi connectivity index (χ0v) is 24.9. The van der Waals surface area contributed by atoms with Crippen molar-refractivity contribution in [1.29, 1.82) is 0 Å². The number of guanidine groups is 2. The first kappa shape index (κ1) is 38.0. The van der Waals surface area contributed by atoms with Crippen molar-refractivity contribution < 1.29 is 69.7 Å². The highest BCUT2D eigenvalue weighted by Gasteiger charge is 2.44. The van der Waals surface area contributed by atoms with Crippen molar-refractivity contribution in [3.8, 4) is 0 Å². The maximum absolute atomic E-state index is 12.6. The Morgan fingerprint density at radius 2 is 1.02 bits per heavy atom. The Balaban J connectivity index is 1.85. The average Bonchev–Trinajstić information content (AvgIpc) is 3.02. The van der Waals surface area contributed by atoms with Crippen LogP contribution < -0.4 is 11.5 Å². The van der Waals surface area contributed by atoms with Crippen LogP contribution in [0, 0.1) is 0 Å². The number of oxime groups is 2. The predicted octanol–water partition coefficient (Wildman–Crippen LogP) is -8.48. The summed E-state index contributed by atoms with van der Waals surface area (Å²) >= 11 is 0. The largest absolute Gasteiger partial charge is 0.394 e. The maximum Gasteiger partial charge on any atom is 0.359 e. The zero-order valence-electron chi connectivity index (χ0n) is 24.9. The molecule has 260 valence electrons. The number of carbonyl (C=O) groups excluding carboxylic acids is 4. The van der Waals surface area contributed by atoms with Crippen molar-refractivity contribution >= 4 is 35.7 Å². The van der Waals surface area contributed by atoms with Crippen LogP contribution in [0.4, 0.5) is 0 Å². The normalized spacial score (nSPS) is 29.0. The Morgan fingerprint density at radius 3 is 1.33 bits per heavy atom. The summed E-state index contributed by atoms with van der Waals surface area (Å²) in [4.78, 5) is 62.1. The molecule has 2 saturated heterocycles. The Labute approximate surface area is 261 Å². The molecule has 46 heavy (non-hydrogen) atoms. The van der Waals surface area contributed by atoms with E-state index in [1.807, 2.05) is 0 Å². The summed E-state index contributed by atoms with van der Waals surface area (Å²) in [7, 11) is 2.58. The van der Waals surface area contributed by atoms with Crippen molar-refractivity contribution in [2.45, 2.75) is 48.7 Å². The molecular formula is C24H40N8O14. The summed E-state index contributed by atoms with van der Waals surface area (Å²) in [5, 5.41) is 84.9. The second-order valence-electron chi connectivity index (χ2n) is 10.5. The molecule has 0 saturated carbocycles. The summed E-state index contributed by atoms with van der Waals surface area (Å²) in [5.74, 6) is -4.78. The summed E-state index contributed by atoms with van der Waals surface area (Å²) < 4.78 is 0. The number of hydrogen-bond acceptors (Lipinski definition) is 16. The Kier molecular flexibility index (Phi) is 14.0. The Hall–Kier alpha value is -4.16. The SMILES string of the molecule is CN(CC(=O)N1C[C@@H](O)[C@@H](O)[C@H](O)[C@H]1CO)C(N)=NOC(=O)/C=C\C(=O)ON=C(N)N(C)CC(=O)N1C[C@@H](O)[C@@H](O)[C@H](O)[C@H]1CO. The van der Waals surface area contributed by atoms with Gasteiger partial charge in [0.2, 0.25) is 23.7 Å². The van der Waals surface area contributed by atoms with Gasteiger partial charge in [0.25, 0.3) is 0 Å². The fourth-order valence-corrected chi connectivity index (χ4v) is 4.42. The number of nitrogens with two attached hydrogens (primary N) is 2. The van der Waals surface area contributed by atoms with Gasteiger partial charge in [-0.2, -0.15) is 0 Å². The molecule has 0 radical (unpaired) electrons. The summed E-state index contributed by atoms with van der Waals surface area (Å²) in [6.07, 6.45) is -8.07. The van der Waals surface area contributed by atoms with Gasteiger partial charge in [-0.15, -0.1) is 0 Å². The van der Waals surface area contributed by atoms with E-state index in [9.17, 15) is 60.0 Å². The summed E-state index contributed by atoms with van der Waals surface area (Å²) in [5.41, 5.74) is 11.4. The second kappa shape index (κ2) is 17.0. The number of carbonyl (C=O) groups is 4. The van der Waals surface area contributed by atoms with E-state index in [1.54, 1.807) is 0 Å². The van der Waals surface area contributed by atoms with E-state index in [1.165, 1.54) is 14.1 Å². The highest BCUT2D eigenvalue weighted by atomic mass is 16.7. The van der Waals surface area contributed by atoms with E-state index < -0.39 is 111 Å². The number of β-amino-alcohol motifs (C(OH)–C–C–N with tert-alkyl or cyclic N) is 2. The van der Waals surface area contributed by atoms with Crippen LogP contribution in [0.3, 0.4) is 0 Å². The highest BCUT2D eigenvalue weighted by molar-refractivity contribution is 5.93. The number of aliphatic hydroxyl groups is 8. The lowest BCUT2D eigenvalue weighted by atomic mass is 9.94. The monoisotopic (exact) mass is 664 g/mol. The number of piperidine rings is 2. The van der Waals surface area contributed by atoms with Gasteiger partial charge in [-0.1, -0.05) is 0 Å². The van der Waals surface area contributed by atoms with Gasteiger partial charge in [-0.3, -0.25) is 9.59 Å². The van der Waals surface area contributed by atoms with Crippen molar-refractivity contribution in [2.75, 3.05) is 53.5 Å². The van der Waals surface area contributed by atoms with Crippen LogP contribution in [0.5, 0.6) is 0 Å². The molecule has 0 spiro atoms. The third-order valence-corrected chi connectivity index (χ3v) is 7.20. The first-order chi connectivity index (χ1) is 21.5. The van der Waals surface area contributed by atoms with E-state index in [2.05, 4.69) is 20.0 Å². The molecule has 0 unspecified atom stereocenters. The van der Waals surface area contributed by atoms with Crippen LogP contribution in [-0.2, 0) is 28.9 Å². The van der Waals surface area contributed by atoms with E-state index in [4.69, 9.17) is 11.5 Å². The van der Waals surface area contributed by atoms with E-state index in [0.717, 1.165) is 19.6 Å². The molecule has 0 bridgehead atoms. The molecule has 2 aliphatic heterocycles. The predicted molar refractivity (Wildman–Crippen MR) is 151 cm³/mol. The number of likely N-dealkylation sites (N-methyl/N-ethyl adjacent to an activating group) is 2. The topological polar surface area (TPSA) is 338 Å². The quantitative estimate of drug-likeness (QED) is 0.0340. The van der Waals surface area contributed by atoms with Gasteiger partial charge in [0, 0.05) is 39.3 Å². The smallest absolute Gasteiger partial charge is 0.359 e. The van der Waals surface area contributed by atoms with Crippen LogP contribution in [0.15, 0.2) is 22.5 Å². The van der Waals surface area contributed by atoms with Crippen LogP contribution >= 0.6 is 0 Å². The van der Waals surface area contributed by atoms with Gasteiger partial charge >= 0.3 is 11.9 Å². The molecule has 0 aliphatic carbocycles. The minimum atomic E-state index is -1.60. The lowest BCUT2D eigenvalue weighted by Gasteiger charge is -2.43. The van der Waals surface area contributed by atoms with E-state index in [-0.39, 0.29) is 13.1 Å². The minimum Gasteiger partial charge on any atom is -0.394 e. The van der Waals surface area contributed by atoms with Crippen LogP contribution in [0.1, 0.15) is 0 Å². The Bertz CT molecular complexity index is 1100. The van der Waals surface area contributed by atoms with Crippen molar-refractivity contribution in [2.24, 2.45) is 21.8 Å². The third kappa shape index (κ3) is 9.67. The van der Waals surface area contributed by atoms with E-state index >= 15 is 0 Å². The van der Waals surface area contributed by atoms with Crippen LogP contribution in [0.2, 0.25) is 0 Å². The fourth-order valence-electron chi connectivity index (χ4n) is 4.42. The number of rotatable bonds is 10. The Morgan fingerprint density at radius 1 is 0.696 bits per heavy atom. The zero-order chi connectivity index (χ0) is 34.9. The van der Waals surface area contributed by atoms with Gasteiger partial charge in [-0.05, 0) is 10.3 Å². The van der Waals surface area contributed by atoms with Gasteiger partial charge in [0.1, 0.15) is 36.6 Å². The van der Waals surface area contributed by atoms with Gasteiger partial charge in [-0.25, -0.2) is 9.59 Å². The molecule has 0 aromatic rings. The fraction of sp³-hybridized carbons (Fsp3) is 0.667. The third-order valence-electron chi connectivity index (χ3n) is 7.20. The van der Waals surface area contributed by atoms with Crippen molar-refractivity contribution in [3.05, 3.63) is 12.2 Å². The molecule has 2 fully saturated rings. The van der Waals surface area contributed by atoms with Crippen molar-refractivity contribution in [3.63, 3.8) is 0 Å². The molecule has 2 rings (SSSR count). The number of hydrogen-bond donors (Lipinski definition) is 10. The minimum absolute atomic E-state index is 0.376. The molecule has 12 N–H and O–H groups in total. The number of aliphatic hydroxyl groups excluding tert-OH is 8. The summed E-state index contributed by atoms with van der Waals surface area (Å²) in [6.45, 7) is -3.13. The summed E-state index contributed by atoms with van der Waals surface area (Å²) in [6, 6.07) is -2.38. The molecule has 2 heterocycles. The van der Waals surface area contributed by atoms with E-state index in [0.29, 0.717) is 12.2 Å². The molecule has 22 heteroatoms. The maximum atomic E-state index is 12.6. The molecule has 8 atom stereocenters. The molecule has 0 aromatic carbocycles. The molecule has 2 aliphatic rings. The lowest BCUT2D eigenvalue weighted by Crippen LogP contribution is -2.65. The van der Waals surface area contributed by atoms with Crippen LogP contribution in [0.25, 0.3) is 0 Å².